The third-order valence-corrected chi connectivity index (χ3v) is 1.63. The molecule has 14 heavy (non-hydrogen) atoms. The molecule has 0 atom stereocenters. The topological polar surface area (TPSA) is 92.5 Å². The number of nitrogens with two attached hydrogens (primary N) is 2. The smallest absolute Gasteiger partial charge is 0.422 e. The lowest BCUT2D eigenvalue weighted by molar-refractivity contribution is -0.138. The van der Waals surface area contributed by atoms with Gasteiger partial charge in [0.25, 0.3) is 0 Å². The van der Waals surface area contributed by atoms with Gasteiger partial charge in [0.2, 0.25) is 0 Å². The van der Waals surface area contributed by atoms with Crippen LogP contribution >= 0.6 is 0 Å². The van der Waals surface area contributed by atoms with Gasteiger partial charge in [-0.1, -0.05) is 0 Å². The first kappa shape index (κ1) is 10.3. The molecule has 0 fully saturated rings. The maximum atomic E-state index is 12.2. The van der Waals surface area contributed by atoms with Crippen LogP contribution in [0.2, 0.25) is 0 Å². The standard InChI is InChI=1S/C7H7F3N2O2/c8-7(9,10)4-3(13)1-2(11)6(14)5(4)12/h1,13-14H,11-12H2. The lowest BCUT2D eigenvalue weighted by atomic mass is 10.1. The molecule has 0 aliphatic carbocycles. The number of halogens is 3. The molecule has 1 aromatic carbocycles. The molecule has 0 bridgehead atoms. The Hall–Kier alpha value is -1.79. The molecule has 0 saturated heterocycles. The van der Waals surface area contributed by atoms with E-state index in [1.54, 1.807) is 0 Å². The number of phenols is 2. The number of rotatable bonds is 0. The number of phenolic OH excluding ortho intramolecular Hbond substituents is 2. The molecular weight excluding hydrogens is 201 g/mol. The maximum absolute atomic E-state index is 12.2. The van der Waals surface area contributed by atoms with E-state index in [9.17, 15) is 13.2 Å². The Balaban J connectivity index is 3.53. The van der Waals surface area contributed by atoms with Crippen LogP contribution in [0.3, 0.4) is 0 Å². The molecule has 78 valence electrons. The minimum absolute atomic E-state index is 0.409. The van der Waals surface area contributed by atoms with Crippen LogP contribution in [0.1, 0.15) is 5.56 Å². The Kier molecular flexibility index (Phi) is 2.10. The Labute approximate surface area is 76.6 Å². The molecule has 6 N–H and O–H groups in total. The molecule has 0 aromatic heterocycles. The number of benzene rings is 1. The Bertz CT molecular complexity index is 376. The van der Waals surface area contributed by atoms with Gasteiger partial charge in [0.15, 0.2) is 5.75 Å². The summed E-state index contributed by atoms with van der Waals surface area (Å²) in [5, 5.41) is 18.0. The van der Waals surface area contributed by atoms with Crippen molar-refractivity contribution in [3.05, 3.63) is 11.6 Å². The first-order valence-corrected chi connectivity index (χ1v) is 3.42. The van der Waals surface area contributed by atoms with Crippen molar-refractivity contribution >= 4 is 11.4 Å². The number of hydrogen-bond acceptors (Lipinski definition) is 4. The fraction of sp³-hybridized carbons (Fsp3) is 0.143. The molecular formula is C7H7F3N2O2. The first-order valence-electron chi connectivity index (χ1n) is 3.42. The van der Waals surface area contributed by atoms with Crippen molar-refractivity contribution in [2.75, 3.05) is 11.5 Å². The van der Waals surface area contributed by atoms with Gasteiger partial charge in [-0.3, -0.25) is 0 Å². The molecule has 0 aliphatic heterocycles. The Morgan fingerprint density at radius 1 is 1.14 bits per heavy atom. The molecule has 0 aliphatic rings. The molecule has 1 rings (SSSR count). The van der Waals surface area contributed by atoms with Crippen molar-refractivity contribution in [2.24, 2.45) is 0 Å². The fourth-order valence-corrected chi connectivity index (χ4v) is 0.998. The van der Waals surface area contributed by atoms with E-state index in [1.165, 1.54) is 0 Å². The van der Waals surface area contributed by atoms with Gasteiger partial charge in [0, 0.05) is 6.07 Å². The molecule has 0 heterocycles. The van der Waals surface area contributed by atoms with Crippen molar-refractivity contribution in [1.29, 1.82) is 0 Å². The number of anilines is 2. The van der Waals surface area contributed by atoms with E-state index >= 15 is 0 Å². The normalized spacial score (nSPS) is 11.6. The second-order valence-electron chi connectivity index (χ2n) is 2.62. The first-order chi connectivity index (χ1) is 6.25. The summed E-state index contributed by atoms with van der Waals surface area (Å²) in [7, 11) is 0. The largest absolute Gasteiger partial charge is 0.507 e. The van der Waals surface area contributed by atoms with Crippen LogP contribution < -0.4 is 11.5 Å². The molecule has 7 heteroatoms. The quantitative estimate of drug-likeness (QED) is 0.293. The minimum atomic E-state index is -4.83. The third kappa shape index (κ3) is 1.48. The highest BCUT2D eigenvalue weighted by molar-refractivity contribution is 5.74. The van der Waals surface area contributed by atoms with E-state index < -0.39 is 34.6 Å². The number of nitrogen functional groups attached to an aromatic ring is 2. The van der Waals surface area contributed by atoms with Gasteiger partial charge in [0.1, 0.15) is 11.3 Å². The summed E-state index contributed by atoms with van der Waals surface area (Å²) >= 11 is 0. The zero-order valence-corrected chi connectivity index (χ0v) is 6.76. The number of hydrogen-bond donors (Lipinski definition) is 4. The molecule has 1 aromatic rings. The fourth-order valence-electron chi connectivity index (χ4n) is 0.998. The van der Waals surface area contributed by atoms with E-state index in [-0.39, 0.29) is 0 Å². The second kappa shape index (κ2) is 2.86. The average molecular weight is 208 g/mol. The highest BCUT2D eigenvalue weighted by Gasteiger charge is 2.38. The van der Waals surface area contributed by atoms with Crippen molar-refractivity contribution in [2.45, 2.75) is 6.18 Å². The molecule has 4 nitrogen and oxygen atoms in total. The van der Waals surface area contributed by atoms with Crippen LogP contribution in [0.15, 0.2) is 6.07 Å². The zero-order chi connectivity index (χ0) is 11.1. The number of alkyl halides is 3. The molecule has 0 amide bonds. The second-order valence-corrected chi connectivity index (χ2v) is 2.62. The van der Waals surface area contributed by atoms with E-state index in [0.29, 0.717) is 6.07 Å². The van der Waals surface area contributed by atoms with Gasteiger partial charge in [-0.05, 0) is 0 Å². The van der Waals surface area contributed by atoms with E-state index in [4.69, 9.17) is 21.7 Å². The van der Waals surface area contributed by atoms with Crippen LogP contribution in [-0.4, -0.2) is 10.2 Å². The van der Waals surface area contributed by atoms with Crippen LogP contribution in [-0.2, 0) is 6.18 Å². The van der Waals surface area contributed by atoms with Gasteiger partial charge in [-0.15, -0.1) is 0 Å². The van der Waals surface area contributed by atoms with Gasteiger partial charge < -0.3 is 21.7 Å². The van der Waals surface area contributed by atoms with Crippen molar-refractivity contribution in [3.63, 3.8) is 0 Å². The summed E-state index contributed by atoms with van der Waals surface area (Å²) in [5.74, 6) is -1.99. The summed E-state index contributed by atoms with van der Waals surface area (Å²) in [6.45, 7) is 0. The van der Waals surface area contributed by atoms with Crippen molar-refractivity contribution in [1.82, 2.24) is 0 Å². The highest BCUT2D eigenvalue weighted by Crippen LogP contribution is 2.45. The van der Waals surface area contributed by atoms with Gasteiger partial charge in [-0.25, -0.2) is 0 Å². The summed E-state index contributed by atoms with van der Waals surface area (Å²) in [6, 6.07) is 0.592. The monoisotopic (exact) mass is 208 g/mol. The van der Waals surface area contributed by atoms with Crippen molar-refractivity contribution < 1.29 is 23.4 Å². The summed E-state index contributed by atoms with van der Waals surface area (Å²) in [6.07, 6.45) is -4.83. The minimum Gasteiger partial charge on any atom is -0.507 e. The highest BCUT2D eigenvalue weighted by atomic mass is 19.4. The van der Waals surface area contributed by atoms with Gasteiger partial charge >= 0.3 is 6.18 Å². The molecule has 0 spiro atoms. The summed E-state index contributed by atoms with van der Waals surface area (Å²) < 4.78 is 36.7. The SMILES string of the molecule is Nc1cc(O)c(C(F)(F)F)c(N)c1O. The summed E-state index contributed by atoms with van der Waals surface area (Å²) in [4.78, 5) is 0. The predicted octanol–water partition coefficient (Wildman–Crippen LogP) is 1.28. The van der Waals surface area contributed by atoms with Crippen LogP contribution in [0.4, 0.5) is 24.5 Å². The lowest BCUT2D eigenvalue weighted by Gasteiger charge is -2.13. The lowest BCUT2D eigenvalue weighted by Crippen LogP contribution is -2.10. The van der Waals surface area contributed by atoms with Crippen molar-refractivity contribution in [3.8, 4) is 11.5 Å². The Morgan fingerprint density at radius 2 is 1.64 bits per heavy atom. The molecule has 0 saturated carbocycles. The van der Waals surface area contributed by atoms with Gasteiger partial charge in [-0.2, -0.15) is 13.2 Å². The molecule has 0 unspecified atom stereocenters. The predicted molar refractivity (Wildman–Crippen MR) is 43.6 cm³/mol. The zero-order valence-electron chi connectivity index (χ0n) is 6.76. The van der Waals surface area contributed by atoms with E-state index in [0.717, 1.165) is 0 Å². The summed E-state index contributed by atoms with van der Waals surface area (Å²) in [5.41, 5.74) is 7.17. The maximum Gasteiger partial charge on any atom is 0.422 e. The van der Waals surface area contributed by atoms with Gasteiger partial charge in [0.05, 0.1) is 11.4 Å². The average Bonchev–Trinajstić information content (AvgIpc) is 1.97. The van der Waals surface area contributed by atoms with Crippen LogP contribution in [0, 0.1) is 0 Å². The molecule has 0 radical (unpaired) electrons. The number of aromatic hydroxyl groups is 2. The van der Waals surface area contributed by atoms with E-state index in [2.05, 4.69) is 0 Å². The van der Waals surface area contributed by atoms with Crippen LogP contribution in [0.25, 0.3) is 0 Å². The van der Waals surface area contributed by atoms with Crippen LogP contribution in [0.5, 0.6) is 11.5 Å². The third-order valence-electron chi connectivity index (χ3n) is 1.63. The Morgan fingerprint density at radius 3 is 2.07 bits per heavy atom. The van der Waals surface area contributed by atoms with E-state index in [1.807, 2.05) is 0 Å².